The van der Waals surface area contributed by atoms with E-state index in [0.29, 0.717) is 11.3 Å². The Bertz CT molecular complexity index is 758. The summed E-state index contributed by atoms with van der Waals surface area (Å²) in [6, 6.07) is 4.34. The molecule has 0 aliphatic rings. The predicted octanol–water partition coefficient (Wildman–Crippen LogP) is 2.56. The van der Waals surface area contributed by atoms with Crippen LogP contribution in [0.25, 0.3) is 11.3 Å². The fraction of sp³-hybridized carbons (Fsp3) is 0.312. The number of benzene rings is 1. The van der Waals surface area contributed by atoms with Gasteiger partial charge in [0.2, 0.25) is 0 Å². The van der Waals surface area contributed by atoms with Crippen molar-refractivity contribution in [3.05, 3.63) is 40.8 Å². The fourth-order valence-corrected chi connectivity index (χ4v) is 2.23. The van der Waals surface area contributed by atoms with Gasteiger partial charge in [-0.2, -0.15) is 5.10 Å². The maximum Gasteiger partial charge on any atom is 0.407 e. The highest BCUT2D eigenvalue weighted by atomic mass is 19.1. The maximum absolute atomic E-state index is 14.4. The number of amides is 1. The van der Waals surface area contributed by atoms with E-state index in [1.54, 1.807) is 19.9 Å². The van der Waals surface area contributed by atoms with Gasteiger partial charge >= 0.3 is 12.1 Å². The zero-order chi connectivity index (χ0) is 17.7. The van der Waals surface area contributed by atoms with E-state index >= 15 is 0 Å². The predicted molar refractivity (Wildman–Crippen MR) is 83.9 cm³/mol. The summed E-state index contributed by atoms with van der Waals surface area (Å²) < 4.78 is 24.4. The molecule has 2 aromatic rings. The molecule has 0 spiro atoms. The summed E-state index contributed by atoms with van der Waals surface area (Å²) in [7, 11) is 1.42. The molecular formula is C16H18FN3O4. The first-order chi connectivity index (χ1) is 11.5. The number of nitrogens with zero attached hydrogens (tertiary/aromatic N) is 1. The lowest BCUT2D eigenvalue weighted by molar-refractivity contribution is 0.0526. The van der Waals surface area contributed by atoms with E-state index in [0.717, 1.165) is 0 Å². The number of aromatic amines is 1. The van der Waals surface area contributed by atoms with E-state index in [9.17, 15) is 14.0 Å². The largest absolute Gasteiger partial charge is 0.462 e. The molecule has 0 radical (unpaired) electrons. The van der Waals surface area contributed by atoms with Crippen molar-refractivity contribution in [3.8, 4) is 11.3 Å². The Labute approximate surface area is 138 Å². The SMILES string of the molecule is CCOC(=O)c1c(-c2c(F)cccc2COC(=O)NC)n[nH]c1C. The lowest BCUT2D eigenvalue weighted by Crippen LogP contribution is -2.19. The van der Waals surface area contributed by atoms with Crippen molar-refractivity contribution in [2.75, 3.05) is 13.7 Å². The van der Waals surface area contributed by atoms with Crippen LogP contribution in [-0.2, 0) is 16.1 Å². The third-order valence-corrected chi connectivity index (χ3v) is 3.33. The topological polar surface area (TPSA) is 93.3 Å². The molecule has 2 rings (SSSR count). The zero-order valence-corrected chi connectivity index (χ0v) is 13.6. The van der Waals surface area contributed by atoms with E-state index in [1.807, 2.05) is 0 Å². The lowest BCUT2D eigenvalue weighted by Gasteiger charge is -2.11. The molecule has 2 N–H and O–H groups in total. The third kappa shape index (κ3) is 3.53. The highest BCUT2D eigenvalue weighted by Gasteiger charge is 2.25. The van der Waals surface area contributed by atoms with Crippen LogP contribution in [-0.4, -0.2) is 35.9 Å². The van der Waals surface area contributed by atoms with Crippen molar-refractivity contribution in [2.24, 2.45) is 0 Å². The summed E-state index contributed by atoms with van der Waals surface area (Å²) in [5.41, 5.74) is 1.22. The minimum atomic E-state index is -0.644. The average molecular weight is 335 g/mol. The number of hydrogen-bond acceptors (Lipinski definition) is 5. The smallest absolute Gasteiger partial charge is 0.407 e. The number of aryl methyl sites for hydroxylation is 1. The van der Waals surface area contributed by atoms with Gasteiger partial charge in [0.25, 0.3) is 0 Å². The van der Waals surface area contributed by atoms with Crippen LogP contribution in [0, 0.1) is 12.7 Å². The van der Waals surface area contributed by atoms with Gasteiger partial charge in [0, 0.05) is 23.9 Å². The van der Waals surface area contributed by atoms with E-state index in [2.05, 4.69) is 15.5 Å². The number of nitrogens with one attached hydrogen (secondary N) is 2. The molecule has 0 unspecified atom stereocenters. The number of hydrogen-bond donors (Lipinski definition) is 2. The normalized spacial score (nSPS) is 10.3. The Morgan fingerprint density at radius 1 is 1.33 bits per heavy atom. The van der Waals surface area contributed by atoms with Crippen molar-refractivity contribution in [1.29, 1.82) is 0 Å². The van der Waals surface area contributed by atoms with Gasteiger partial charge in [-0.15, -0.1) is 0 Å². The second kappa shape index (κ2) is 7.58. The number of carbonyl (C=O) groups excluding carboxylic acids is 2. The summed E-state index contributed by atoms with van der Waals surface area (Å²) in [4.78, 5) is 23.4. The van der Waals surface area contributed by atoms with E-state index in [-0.39, 0.29) is 30.0 Å². The van der Waals surface area contributed by atoms with E-state index in [4.69, 9.17) is 9.47 Å². The Kier molecular flexibility index (Phi) is 5.51. The van der Waals surface area contributed by atoms with Crippen molar-refractivity contribution in [1.82, 2.24) is 15.5 Å². The Balaban J connectivity index is 2.49. The van der Waals surface area contributed by atoms with Crippen LogP contribution in [0.1, 0.15) is 28.5 Å². The monoisotopic (exact) mass is 335 g/mol. The number of esters is 1. The maximum atomic E-state index is 14.4. The van der Waals surface area contributed by atoms with E-state index < -0.39 is 17.9 Å². The quantitative estimate of drug-likeness (QED) is 0.819. The molecule has 0 saturated carbocycles. The molecule has 8 heteroatoms. The first-order valence-electron chi connectivity index (χ1n) is 7.33. The number of alkyl carbamates (subject to hydrolysis) is 1. The van der Waals surface area contributed by atoms with Gasteiger partial charge < -0.3 is 14.8 Å². The van der Waals surface area contributed by atoms with E-state index in [1.165, 1.54) is 19.2 Å². The average Bonchev–Trinajstić information content (AvgIpc) is 2.94. The zero-order valence-electron chi connectivity index (χ0n) is 13.6. The van der Waals surface area contributed by atoms with Gasteiger partial charge in [-0.25, -0.2) is 14.0 Å². The van der Waals surface area contributed by atoms with Gasteiger partial charge in [-0.3, -0.25) is 5.10 Å². The van der Waals surface area contributed by atoms with Crippen LogP contribution in [0.4, 0.5) is 9.18 Å². The molecule has 1 aromatic carbocycles. The van der Waals surface area contributed by atoms with Crippen LogP contribution in [0.2, 0.25) is 0 Å². The van der Waals surface area contributed by atoms with Crippen molar-refractivity contribution in [2.45, 2.75) is 20.5 Å². The van der Waals surface area contributed by atoms with Gasteiger partial charge in [0.05, 0.1) is 6.61 Å². The molecule has 0 fully saturated rings. The highest BCUT2D eigenvalue weighted by molar-refractivity contribution is 5.97. The van der Waals surface area contributed by atoms with Crippen LogP contribution in [0.5, 0.6) is 0 Å². The number of H-pyrrole nitrogens is 1. The number of aromatic nitrogens is 2. The van der Waals surface area contributed by atoms with Gasteiger partial charge in [-0.05, 0) is 19.9 Å². The number of rotatable bonds is 5. The Morgan fingerprint density at radius 2 is 2.08 bits per heavy atom. The summed E-state index contributed by atoms with van der Waals surface area (Å²) in [5.74, 6) is -1.18. The van der Waals surface area contributed by atoms with Gasteiger partial charge in [0.1, 0.15) is 23.7 Å². The Morgan fingerprint density at radius 3 is 2.75 bits per heavy atom. The first kappa shape index (κ1) is 17.5. The molecule has 0 saturated heterocycles. The summed E-state index contributed by atoms with van der Waals surface area (Å²) in [6.07, 6.45) is -0.644. The van der Waals surface area contributed by atoms with Gasteiger partial charge in [0.15, 0.2) is 0 Å². The van der Waals surface area contributed by atoms with Crippen LogP contribution < -0.4 is 5.32 Å². The molecule has 24 heavy (non-hydrogen) atoms. The second-order valence-corrected chi connectivity index (χ2v) is 4.89. The molecule has 7 nitrogen and oxygen atoms in total. The first-order valence-corrected chi connectivity index (χ1v) is 7.33. The van der Waals surface area contributed by atoms with Crippen LogP contribution in [0.15, 0.2) is 18.2 Å². The Hall–Kier alpha value is -2.90. The second-order valence-electron chi connectivity index (χ2n) is 4.89. The molecular weight excluding hydrogens is 317 g/mol. The highest BCUT2D eigenvalue weighted by Crippen LogP contribution is 2.30. The third-order valence-electron chi connectivity index (χ3n) is 3.33. The van der Waals surface area contributed by atoms with Gasteiger partial charge in [-0.1, -0.05) is 12.1 Å². The minimum absolute atomic E-state index is 0.0915. The molecule has 0 atom stereocenters. The molecule has 128 valence electrons. The van der Waals surface area contributed by atoms with Crippen molar-refractivity contribution >= 4 is 12.1 Å². The molecule has 0 aliphatic carbocycles. The molecule has 1 amide bonds. The number of carbonyl (C=O) groups is 2. The molecule has 0 aliphatic heterocycles. The lowest BCUT2D eigenvalue weighted by atomic mass is 10.00. The molecule has 1 heterocycles. The summed E-state index contributed by atoms with van der Waals surface area (Å²) >= 11 is 0. The number of ether oxygens (including phenoxy) is 2. The van der Waals surface area contributed by atoms with Crippen LogP contribution >= 0.6 is 0 Å². The van der Waals surface area contributed by atoms with Crippen LogP contribution in [0.3, 0.4) is 0 Å². The standard InChI is InChI=1S/C16H18FN3O4/c1-4-23-15(21)12-9(2)19-20-14(12)13-10(6-5-7-11(13)17)8-24-16(22)18-3/h5-7H,4,8H2,1-3H3,(H,18,22)(H,19,20). The van der Waals surface area contributed by atoms with Crippen molar-refractivity contribution in [3.63, 3.8) is 0 Å². The minimum Gasteiger partial charge on any atom is -0.462 e. The number of halogens is 1. The summed E-state index contributed by atoms with van der Waals surface area (Å²) in [5, 5.41) is 9.01. The fourth-order valence-electron chi connectivity index (χ4n) is 2.23. The molecule has 1 aromatic heterocycles. The molecule has 0 bridgehead atoms. The summed E-state index contributed by atoms with van der Waals surface area (Å²) in [6.45, 7) is 3.34. The van der Waals surface area contributed by atoms with Crippen molar-refractivity contribution < 1.29 is 23.5 Å².